The van der Waals surface area contributed by atoms with Crippen LogP contribution in [0.25, 0.3) is 0 Å². The minimum Gasteiger partial charge on any atom is -0.143 e. The van der Waals surface area contributed by atoms with Gasteiger partial charge in [0.05, 0.1) is 0 Å². The number of aryl methyl sites for hydroxylation is 2. The van der Waals surface area contributed by atoms with E-state index in [0.29, 0.717) is 0 Å². The van der Waals surface area contributed by atoms with Gasteiger partial charge in [0.25, 0.3) is 0 Å². The second kappa shape index (κ2) is 6.96. The molecule has 0 spiro atoms. The molecule has 0 aliphatic carbocycles. The van der Waals surface area contributed by atoms with Crippen LogP contribution in [0.15, 0.2) is 47.4 Å². The summed E-state index contributed by atoms with van der Waals surface area (Å²) in [6.07, 6.45) is 0. The highest BCUT2D eigenvalue weighted by molar-refractivity contribution is 7.80. The predicted octanol–water partition coefficient (Wildman–Crippen LogP) is 6.63. The molecule has 2 rings (SSSR count). The van der Waals surface area contributed by atoms with Crippen LogP contribution < -0.4 is 5.19 Å². The maximum atomic E-state index is 4.67. The van der Waals surface area contributed by atoms with Crippen LogP contribution in [0.1, 0.15) is 58.2 Å². The minimum atomic E-state index is -1.90. The number of rotatable bonds is 3. The molecule has 136 valence electrons. The second-order valence-corrected chi connectivity index (χ2v) is 15.7. The quantitative estimate of drug-likeness (QED) is 0.455. The lowest BCUT2D eigenvalue weighted by atomic mass is 10.1. The number of hydrogen-bond acceptors (Lipinski definition) is 1. The molecule has 0 amide bonds. The van der Waals surface area contributed by atoms with Crippen LogP contribution in [0.5, 0.6) is 0 Å². The molecular formula is C23H34SSi. The monoisotopic (exact) mass is 370 g/mol. The van der Waals surface area contributed by atoms with Gasteiger partial charge >= 0.3 is 0 Å². The maximum Gasteiger partial charge on any atom is 0.102 e. The van der Waals surface area contributed by atoms with Crippen molar-refractivity contribution in [1.29, 1.82) is 0 Å². The normalized spacial score (nSPS) is 13.2. The Morgan fingerprint density at radius 2 is 1.24 bits per heavy atom. The van der Waals surface area contributed by atoms with Crippen molar-refractivity contribution in [3.63, 3.8) is 0 Å². The highest BCUT2D eigenvalue weighted by Gasteiger charge is 2.53. The first-order valence-electron chi connectivity index (χ1n) is 9.25. The van der Waals surface area contributed by atoms with E-state index in [1.165, 1.54) is 22.7 Å². The van der Waals surface area contributed by atoms with Crippen LogP contribution in [0, 0.1) is 13.8 Å². The van der Waals surface area contributed by atoms with Crippen molar-refractivity contribution >= 4 is 25.9 Å². The largest absolute Gasteiger partial charge is 0.143 e. The highest BCUT2D eigenvalue weighted by Crippen LogP contribution is 2.52. The summed E-state index contributed by atoms with van der Waals surface area (Å²) in [4.78, 5) is 1.13. The van der Waals surface area contributed by atoms with E-state index in [1.807, 2.05) is 0 Å². The lowest BCUT2D eigenvalue weighted by molar-refractivity contribution is 0.617. The van der Waals surface area contributed by atoms with Gasteiger partial charge in [0.2, 0.25) is 0 Å². The molecule has 0 unspecified atom stereocenters. The Kier molecular flexibility index (Phi) is 5.66. The molecule has 0 radical (unpaired) electrons. The summed E-state index contributed by atoms with van der Waals surface area (Å²) in [6, 6.07) is 17.2. The Morgan fingerprint density at radius 3 is 1.64 bits per heavy atom. The first kappa shape index (κ1) is 20.3. The molecule has 0 aromatic heterocycles. The van der Waals surface area contributed by atoms with Gasteiger partial charge in [0.15, 0.2) is 0 Å². The Labute approximate surface area is 161 Å². The van der Waals surface area contributed by atoms with Crippen molar-refractivity contribution in [3.8, 4) is 0 Å². The van der Waals surface area contributed by atoms with Crippen LogP contribution in [0.4, 0.5) is 0 Å². The molecular weight excluding hydrogens is 336 g/mol. The van der Waals surface area contributed by atoms with Crippen LogP contribution in [0.3, 0.4) is 0 Å². The fourth-order valence-electron chi connectivity index (χ4n) is 4.80. The number of benzene rings is 2. The van der Waals surface area contributed by atoms with E-state index in [9.17, 15) is 0 Å². The molecule has 0 bridgehead atoms. The summed E-state index contributed by atoms with van der Waals surface area (Å²) in [7, 11) is -1.90. The van der Waals surface area contributed by atoms with E-state index in [-0.39, 0.29) is 10.1 Å². The van der Waals surface area contributed by atoms with Gasteiger partial charge in [-0.15, -0.1) is 12.6 Å². The van der Waals surface area contributed by atoms with Crippen molar-refractivity contribution in [1.82, 2.24) is 0 Å². The van der Waals surface area contributed by atoms with E-state index in [0.717, 1.165) is 4.90 Å². The predicted molar refractivity (Wildman–Crippen MR) is 118 cm³/mol. The third kappa shape index (κ3) is 3.75. The van der Waals surface area contributed by atoms with Gasteiger partial charge in [-0.05, 0) is 46.7 Å². The van der Waals surface area contributed by atoms with Gasteiger partial charge in [-0.1, -0.05) is 89.2 Å². The Morgan fingerprint density at radius 1 is 0.800 bits per heavy atom. The van der Waals surface area contributed by atoms with Crippen LogP contribution >= 0.6 is 12.6 Å². The van der Waals surface area contributed by atoms with Crippen LogP contribution in [-0.2, 0) is 6.04 Å². The third-order valence-electron chi connectivity index (χ3n) is 5.85. The highest BCUT2D eigenvalue weighted by atomic mass is 32.1. The zero-order valence-corrected chi connectivity index (χ0v) is 19.1. The molecule has 0 nitrogen and oxygen atoms in total. The van der Waals surface area contributed by atoms with Crippen molar-refractivity contribution in [2.75, 3.05) is 0 Å². The topological polar surface area (TPSA) is 0 Å². The standard InChI is InChI=1S/C23H34SSi/c1-17-14-19(15-18(2)21(17)24)16-25(22(3,4)5,23(6,7)8)20-12-10-9-11-13-20/h9-15,24H,16H2,1-8H3. The van der Waals surface area contributed by atoms with Crippen LogP contribution in [-0.4, -0.2) is 8.07 Å². The molecule has 0 atom stereocenters. The van der Waals surface area contributed by atoms with E-state index >= 15 is 0 Å². The average Bonchev–Trinajstić information content (AvgIpc) is 2.48. The molecule has 0 saturated heterocycles. The van der Waals surface area contributed by atoms with Gasteiger partial charge in [-0.25, -0.2) is 0 Å². The lowest BCUT2D eigenvalue weighted by Gasteiger charge is -2.53. The zero-order chi connectivity index (χ0) is 19.0. The Bertz CT molecular complexity index is 696. The zero-order valence-electron chi connectivity index (χ0n) is 17.2. The van der Waals surface area contributed by atoms with E-state index < -0.39 is 8.07 Å². The van der Waals surface area contributed by atoms with Crippen molar-refractivity contribution in [2.24, 2.45) is 0 Å². The van der Waals surface area contributed by atoms with Gasteiger partial charge in [0.1, 0.15) is 8.07 Å². The minimum absolute atomic E-state index is 0.258. The third-order valence-corrected chi connectivity index (χ3v) is 13.9. The summed E-state index contributed by atoms with van der Waals surface area (Å²) in [6.45, 7) is 19.1. The smallest absolute Gasteiger partial charge is 0.102 e. The molecule has 0 saturated carbocycles. The summed E-state index contributed by atoms with van der Waals surface area (Å²) in [5, 5.41) is 2.09. The molecule has 2 aromatic carbocycles. The molecule has 0 heterocycles. The molecule has 0 aliphatic heterocycles. The van der Waals surface area contributed by atoms with Crippen molar-refractivity contribution in [2.45, 2.75) is 76.4 Å². The molecule has 0 fully saturated rings. The fourth-order valence-corrected chi connectivity index (χ4v) is 11.8. The number of thiol groups is 1. The van der Waals surface area contributed by atoms with Crippen molar-refractivity contribution in [3.05, 3.63) is 59.2 Å². The Balaban J connectivity index is 2.72. The van der Waals surface area contributed by atoms with Gasteiger partial charge in [0, 0.05) is 4.90 Å². The summed E-state index contributed by atoms with van der Waals surface area (Å²) in [5.41, 5.74) is 4.04. The van der Waals surface area contributed by atoms with Gasteiger partial charge in [-0.2, -0.15) is 0 Å². The fraction of sp³-hybridized carbons (Fsp3) is 0.478. The summed E-state index contributed by atoms with van der Waals surface area (Å²) < 4.78 is 0. The molecule has 2 aromatic rings. The van der Waals surface area contributed by atoms with E-state index in [2.05, 4.69) is 110 Å². The molecule has 25 heavy (non-hydrogen) atoms. The van der Waals surface area contributed by atoms with Gasteiger partial charge < -0.3 is 0 Å². The SMILES string of the molecule is Cc1cc(C[Si](c2ccccc2)(C(C)(C)C)C(C)(C)C)cc(C)c1S. The number of hydrogen-bond donors (Lipinski definition) is 1. The first-order valence-corrected chi connectivity index (χ1v) is 11.9. The van der Waals surface area contributed by atoms with Crippen molar-refractivity contribution < 1.29 is 0 Å². The molecule has 0 N–H and O–H groups in total. The lowest BCUT2D eigenvalue weighted by Crippen LogP contribution is -2.63. The average molecular weight is 371 g/mol. The molecule has 2 heteroatoms. The Hall–Kier alpha value is -0.993. The summed E-state index contributed by atoms with van der Waals surface area (Å²) in [5.74, 6) is 0. The summed E-state index contributed by atoms with van der Waals surface area (Å²) >= 11 is 4.67. The maximum absolute atomic E-state index is 4.67. The van der Waals surface area contributed by atoms with Gasteiger partial charge in [-0.3, -0.25) is 0 Å². The van der Waals surface area contributed by atoms with Crippen LogP contribution in [0.2, 0.25) is 10.1 Å². The van der Waals surface area contributed by atoms with E-state index in [4.69, 9.17) is 0 Å². The first-order chi connectivity index (χ1) is 11.4. The van der Waals surface area contributed by atoms with E-state index in [1.54, 1.807) is 5.19 Å². The second-order valence-electron chi connectivity index (χ2n) is 9.53. The molecule has 0 aliphatic rings.